The smallest absolute Gasteiger partial charge is 0.291 e. The Morgan fingerprint density at radius 1 is 0.906 bits per heavy atom. The maximum atomic E-state index is 12.5. The van der Waals surface area contributed by atoms with Crippen molar-refractivity contribution in [3.63, 3.8) is 0 Å². The Morgan fingerprint density at radius 2 is 1.56 bits per heavy atom. The van der Waals surface area contributed by atoms with Crippen molar-refractivity contribution in [2.75, 3.05) is 18.4 Å². The van der Waals surface area contributed by atoms with Crippen molar-refractivity contribution >= 4 is 27.5 Å². The van der Waals surface area contributed by atoms with Gasteiger partial charge in [-0.05, 0) is 54.1 Å². The van der Waals surface area contributed by atoms with E-state index in [1.54, 1.807) is 50.2 Å². The summed E-state index contributed by atoms with van der Waals surface area (Å²) in [5, 5.41) is 5.52. The lowest BCUT2D eigenvalue weighted by molar-refractivity contribution is 0.0949. The summed E-state index contributed by atoms with van der Waals surface area (Å²) in [5.74, 6) is -0.438. The summed E-state index contributed by atoms with van der Waals surface area (Å²) in [6.07, 6.45) is 1.43. The van der Waals surface area contributed by atoms with Crippen LogP contribution in [0.25, 0.3) is 0 Å². The van der Waals surface area contributed by atoms with Crippen LogP contribution in [0.1, 0.15) is 40.3 Å². The minimum absolute atomic E-state index is 0.157. The summed E-state index contributed by atoms with van der Waals surface area (Å²) in [7, 11) is -3.56. The molecule has 0 spiro atoms. The van der Waals surface area contributed by atoms with E-state index in [1.165, 1.54) is 34.8 Å². The quantitative estimate of drug-likeness (QED) is 0.513. The molecule has 0 fully saturated rings. The Morgan fingerprint density at radius 3 is 2.12 bits per heavy atom. The Hall–Kier alpha value is -3.43. The van der Waals surface area contributed by atoms with Gasteiger partial charge in [0.1, 0.15) is 0 Å². The van der Waals surface area contributed by atoms with E-state index >= 15 is 0 Å². The third kappa shape index (κ3) is 5.43. The average molecular weight is 456 g/mol. The number of amides is 2. The molecule has 3 rings (SSSR count). The molecule has 8 nitrogen and oxygen atoms in total. The fourth-order valence-electron chi connectivity index (χ4n) is 3.08. The monoisotopic (exact) mass is 455 g/mol. The van der Waals surface area contributed by atoms with Crippen LogP contribution in [0.2, 0.25) is 0 Å². The minimum atomic E-state index is -3.56. The van der Waals surface area contributed by atoms with Gasteiger partial charge in [0, 0.05) is 30.9 Å². The van der Waals surface area contributed by atoms with Crippen LogP contribution in [0.3, 0.4) is 0 Å². The van der Waals surface area contributed by atoms with Crippen molar-refractivity contribution in [2.24, 2.45) is 0 Å². The van der Waals surface area contributed by atoms with Gasteiger partial charge in [-0.25, -0.2) is 8.42 Å². The van der Waals surface area contributed by atoms with Crippen molar-refractivity contribution < 1.29 is 22.4 Å². The van der Waals surface area contributed by atoms with Crippen LogP contribution in [0.4, 0.5) is 5.69 Å². The van der Waals surface area contributed by atoms with Gasteiger partial charge >= 0.3 is 0 Å². The van der Waals surface area contributed by atoms with Crippen LogP contribution >= 0.6 is 0 Å². The fraction of sp³-hybridized carbons (Fsp3) is 0.217. The highest BCUT2D eigenvalue weighted by atomic mass is 32.2. The number of benzene rings is 2. The van der Waals surface area contributed by atoms with Gasteiger partial charge in [-0.3, -0.25) is 9.59 Å². The van der Waals surface area contributed by atoms with Crippen LogP contribution in [-0.4, -0.2) is 37.6 Å². The first-order valence-corrected chi connectivity index (χ1v) is 11.6. The average Bonchev–Trinajstić information content (AvgIpc) is 3.34. The lowest BCUT2D eigenvalue weighted by atomic mass is 10.2. The molecule has 168 valence electrons. The van der Waals surface area contributed by atoms with Crippen LogP contribution < -0.4 is 10.6 Å². The fourth-order valence-corrected chi connectivity index (χ4v) is 4.54. The number of hydrogen-bond acceptors (Lipinski definition) is 5. The number of hydrogen-bond donors (Lipinski definition) is 2. The number of furan rings is 1. The molecule has 2 N–H and O–H groups in total. The third-order valence-corrected chi connectivity index (χ3v) is 6.93. The highest BCUT2D eigenvalue weighted by molar-refractivity contribution is 7.89. The molecule has 0 saturated heterocycles. The van der Waals surface area contributed by atoms with Crippen molar-refractivity contribution in [1.82, 2.24) is 9.62 Å². The van der Waals surface area contributed by atoms with E-state index in [0.717, 1.165) is 5.56 Å². The first kappa shape index (κ1) is 23.2. The van der Waals surface area contributed by atoms with Gasteiger partial charge in [0.15, 0.2) is 5.76 Å². The van der Waals surface area contributed by atoms with E-state index in [9.17, 15) is 18.0 Å². The molecule has 0 unspecified atom stereocenters. The molecule has 0 saturated carbocycles. The van der Waals surface area contributed by atoms with E-state index in [0.29, 0.717) is 24.3 Å². The summed E-state index contributed by atoms with van der Waals surface area (Å²) < 4.78 is 31.5. The van der Waals surface area contributed by atoms with Crippen molar-refractivity contribution in [3.8, 4) is 0 Å². The molecule has 2 amide bonds. The molecule has 0 radical (unpaired) electrons. The highest BCUT2D eigenvalue weighted by Gasteiger charge is 2.21. The molecule has 0 atom stereocenters. The zero-order valence-corrected chi connectivity index (χ0v) is 18.7. The Bertz CT molecular complexity index is 1150. The second-order valence-electron chi connectivity index (χ2n) is 6.92. The molecule has 1 heterocycles. The van der Waals surface area contributed by atoms with Gasteiger partial charge in [0.05, 0.1) is 11.2 Å². The number of nitrogens with one attached hydrogen (secondary N) is 2. The maximum Gasteiger partial charge on any atom is 0.291 e. The molecule has 32 heavy (non-hydrogen) atoms. The number of carbonyl (C=O) groups excluding carboxylic acids is 2. The summed E-state index contributed by atoms with van der Waals surface area (Å²) in [6.45, 7) is 4.61. The van der Waals surface area contributed by atoms with Crippen molar-refractivity contribution in [2.45, 2.75) is 25.3 Å². The van der Waals surface area contributed by atoms with Crippen LogP contribution in [0, 0.1) is 0 Å². The largest absolute Gasteiger partial charge is 0.459 e. The van der Waals surface area contributed by atoms with Crippen molar-refractivity contribution in [1.29, 1.82) is 0 Å². The number of rotatable bonds is 9. The summed E-state index contributed by atoms with van der Waals surface area (Å²) in [4.78, 5) is 24.6. The third-order valence-electron chi connectivity index (χ3n) is 4.87. The van der Waals surface area contributed by atoms with Gasteiger partial charge < -0.3 is 15.1 Å². The number of nitrogens with zero attached hydrogens (tertiary/aromatic N) is 1. The first-order valence-electron chi connectivity index (χ1n) is 10.2. The molecule has 1 aromatic heterocycles. The Labute approximate surface area is 187 Å². The molecule has 0 aliphatic heterocycles. The molecule has 0 aliphatic carbocycles. The predicted molar refractivity (Wildman–Crippen MR) is 121 cm³/mol. The maximum absolute atomic E-state index is 12.5. The van der Waals surface area contributed by atoms with E-state index in [1.807, 2.05) is 0 Å². The zero-order chi connectivity index (χ0) is 23.1. The predicted octanol–water partition coefficient (Wildman–Crippen LogP) is 3.49. The normalized spacial score (nSPS) is 11.3. The Kier molecular flexibility index (Phi) is 7.45. The van der Waals surface area contributed by atoms with E-state index in [-0.39, 0.29) is 29.0 Å². The topological polar surface area (TPSA) is 109 Å². The van der Waals surface area contributed by atoms with Gasteiger partial charge in [-0.2, -0.15) is 4.31 Å². The van der Waals surface area contributed by atoms with Crippen LogP contribution in [0.5, 0.6) is 0 Å². The highest BCUT2D eigenvalue weighted by Crippen LogP contribution is 2.17. The standard InChI is InChI=1S/C23H25N3O5S/c1-3-26(4-2)32(29,30)20-13-9-18(10-14-20)22(27)24-16-17-7-11-19(12-8-17)25-23(28)21-6-5-15-31-21/h5-15H,3-4,16H2,1-2H3,(H,24,27)(H,25,28). The molecule has 0 aliphatic rings. The molecule has 0 bridgehead atoms. The van der Waals surface area contributed by atoms with Gasteiger partial charge in [-0.15, -0.1) is 0 Å². The van der Waals surface area contributed by atoms with Gasteiger partial charge in [0.25, 0.3) is 11.8 Å². The minimum Gasteiger partial charge on any atom is -0.459 e. The van der Waals surface area contributed by atoms with Crippen LogP contribution in [0.15, 0.2) is 76.2 Å². The van der Waals surface area contributed by atoms with E-state index in [4.69, 9.17) is 4.42 Å². The zero-order valence-electron chi connectivity index (χ0n) is 17.9. The Balaban J connectivity index is 1.57. The van der Waals surface area contributed by atoms with E-state index < -0.39 is 10.0 Å². The van der Waals surface area contributed by atoms with Crippen molar-refractivity contribution in [3.05, 3.63) is 83.8 Å². The summed E-state index contributed by atoms with van der Waals surface area (Å²) >= 11 is 0. The number of anilines is 1. The molecular formula is C23H25N3O5S. The van der Waals surface area contributed by atoms with Gasteiger partial charge in [-0.1, -0.05) is 26.0 Å². The summed E-state index contributed by atoms with van der Waals surface area (Å²) in [6, 6.07) is 16.1. The lowest BCUT2D eigenvalue weighted by Gasteiger charge is -2.18. The molecule has 2 aromatic carbocycles. The molecule has 3 aromatic rings. The second-order valence-corrected chi connectivity index (χ2v) is 8.86. The van der Waals surface area contributed by atoms with Crippen LogP contribution in [-0.2, 0) is 16.6 Å². The second kappa shape index (κ2) is 10.3. The van der Waals surface area contributed by atoms with E-state index in [2.05, 4.69) is 10.6 Å². The SMILES string of the molecule is CCN(CC)S(=O)(=O)c1ccc(C(=O)NCc2ccc(NC(=O)c3ccco3)cc2)cc1. The lowest BCUT2D eigenvalue weighted by Crippen LogP contribution is -2.30. The number of sulfonamides is 1. The van der Waals surface area contributed by atoms with Gasteiger partial charge in [0.2, 0.25) is 10.0 Å². The summed E-state index contributed by atoms with van der Waals surface area (Å²) in [5.41, 5.74) is 1.81. The first-order chi connectivity index (χ1) is 15.3. The molecular weight excluding hydrogens is 430 g/mol. The molecule has 9 heteroatoms. The number of carbonyl (C=O) groups is 2.